The van der Waals surface area contributed by atoms with Crippen LogP contribution in [0, 0.1) is 0 Å². The van der Waals surface area contributed by atoms with Crippen molar-refractivity contribution in [2.45, 2.75) is 19.5 Å². The SMILES string of the molecule is O=C(CCn1cc(Br)cn1)Nc1ccn(Cc2cccc(Cl)c2)n1. The average molecular weight is 409 g/mol. The van der Waals surface area contributed by atoms with E-state index in [1.54, 1.807) is 21.6 Å². The number of halogens is 2. The minimum atomic E-state index is -0.102. The van der Waals surface area contributed by atoms with Crippen LogP contribution < -0.4 is 5.32 Å². The number of rotatable bonds is 6. The Kier molecular flexibility index (Phi) is 5.32. The Morgan fingerprint density at radius 3 is 2.92 bits per heavy atom. The highest BCUT2D eigenvalue weighted by atomic mass is 79.9. The number of nitrogens with zero attached hydrogens (tertiary/aromatic N) is 4. The summed E-state index contributed by atoms with van der Waals surface area (Å²) in [5.41, 5.74) is 1.05. The molecule has 0 fully saturated rings. The first-order chi connectivity index (χ1) is 11.6. The third-order valence-electron chi connectivity index (χ3n) is 3.31. The highest BCUT2D eigenvalue weighted by molar-refractivity contribution is 9.10. The van der Waals surface area contributed by atoms with Crippen LogP contribution in [0.4, 0.5) is 5.82 Å². The van der Waals surface area contributed by atoms with Gasteiger partial charge < -0.3 is 5.32 Å². The minimum Gasteiger partial charge on any atom is -0.309 e. The molecule has 0 spiro atoms. The van der Waals surface area contributed by atoms with Crippen LogP contribution in [0.5, 0.6) is 0 Å². The molecule has 0 bridgehead atoms. The Hall–Kier alpha value is -2.12. The molecule has 0 aliphatic carbocycles. The lowest BCUT2D eigenvalue weighted by Gasteiger charge is -2.04. The van der Waals surface area contributed by atoms with Crippen molar-refractivity contribution < 1.29 is 4.79 Å². The molecule has 2 heterocycles. The maximum atomic E-state index is 12.0. The number of benzene rings is 1. The van der Waals surface area contributed by atoms with Crippen molar-refractivity contribution in [2.75, 3.05) is 5.32 Å². The summed E-state index contributed by atoms with van der Waals surface area (Å²) in [5.74, 6) is 0.429. The van der Waals surface area contributed by atoms with Crippen LogP contribution in [0.15, 0.2) is 53.4 Å². The van der Waals surface area contributed by atoms with Gasteiger partial charge in [-0.25, -0.2) is 0 Å². The number of aromatic nitrogens is 4. The number of carbonyl (C=O) groups excluding carboxylic acids is 1. The van der Waals surface area contributed by atoms with Gasteiger partial charge in [0.1, 0.15) is 0 Å². The molecule has 0 aliphatic heterocycles. The molecule has 24 heavy (non-hydrogen) atoms. The van der Waals surface area contributed by atoms with Crippen LogP contribution in [-0.2, 0) is 17.9 Å². The largest absolute Gasteiger partial charge is 0.309 e. The van der Waals surface area contributed by atoms with Gasteiger partial charge in [0.2, 0.25) is 5.91 Å². The fourth-order valence-corrected chi connectivity index (χ4v) is 2.76. The fraction of sp³-hybridized carbons (Fsp3) is 0.188. The predicted octanol–water partition coefficient (Wildman–Crippen LogP) is 3.57. The van der Waals surface area contributed by atoms with E-state index in [0.29, 0.717) is 30.4 Å². The number of carbonyl (C=O) groups is 1. The molecule has 2 aromatic heterocycles. The molecule has 1 aromatic carbocycles. The molecule has 0 aliphatic rings. The van der Waals surface area contributed by atoms with Crippen LogP contribution in [0.2, 0.25) is 5.02 Å². The van der Waals surface area contributed by atoms with Gasteiger partial charge >= 0.3 is 0 Å². The molecule has 0 saturated carbocycles. The molecule has 0 radical (unpaired) electrons. The second-order valence-corrected chi connectivity index (χ2v) is 6.60. The van der Waals surface area contributed by atoms with Crippen LogP contribution in [-0.4, -0.2) is 25.5 Å². The monoisotopic (exact) mass is 407 g/mol. The third kappa shape index (κ3) is 4.69. The number of amides is 1. The van der Waals surface area contributed by atoms with Crippen molar-refractivity contribution >= 4 is 39.3 Å². The number of anilines is 1. The summed E-state index contributed by atoms with van der Waals surface area (Å²) in [4.78, 5) is 12.0. The molecule has 3 rings (SSSR count). The van der Waals surface area contributed by atoms with Gasteiger partial charge in [0.25, 0.3) is 0 Å². The van der Waals surface area contributed by atoms with E-state index in [1.165, 1.54) is 0 Å². The van der Waals surface area contributed by atoms with Crippen molar-refractivity contribution in [3.05, 3.63) is 64.0 Å². The Morgan fingerprint density at radius 2 is 2.17 bits per heavy atom. The van der Waals surface area contributed by atoms with Crippen molar-refractivity contribution in [3.8, 4) is 0 Å². The third-order valence-corrected chi connectivity index (χ3v) is 3.96. The van der Waals surface area contributed by atoms with Crippen LogP contribution in [0.1, 0.15) is 12.0 Å². The van der Waals surface area contributed by atoms with Crippen molar-refractivity contribution in [1.82, 2.24) is 19.6 Å². The van der Waals surface area contributed by atoms with E-state index in [4.69, 9.17) is 11.6 Å². The molecule has 124 valence electrons. The molecule has 6 nitrogen and oxygen atoms in total. The number of hydrogen-bond acceptors (Lipinski definition) is 3. The summed E-state index contributed by atoms with van der Waals surface area (Å²) >= 11 is 9.30. The average Bonchev–Trinajstić information content (AvgIpc) is 3.14. The highest BCUT2D eigenvalue weighted by Crippen LogP contribution is 2.13. The smallest absolute Gasteiger partial charge is 0.227 e. The Morgan fingerprint density at radius 1 is 1.29 bits per heavy atom. The van der Waals surface area contributed by atoms with Crippen LogP contribution >= 0.6 is 27.5 Å². The van der Waals surface area contributed by atoms with Gasteiger partial charge in [0.05, 0.1) is 17.2 Å². The maximum absolute atomic E-state index is 12.0. The lowest BCUT2D eigenvalue weighted by molar-refractivity contribution is -0.116. The summed E-state index contributed by atoms with van der Waals surface area (Å²) in [6.45, 7) is 1.11. The van der Waals surface area contributed by atoms with Gasteiger partial charge in [0, 0.05) is 36.4 Å². The van der Waals surface area contributed by atoms with E-state index in [0.717, 1.165) is 10.0 Å². The molecule has 3 aromatic rings. The first-order valence-electron chi connectivity index (χ1n) is 7.34. The fourth-order valence-electron chi connectivity index (χ4n) is 2.22. The summed E-state index contributed by atoms with van der Waals surface area (Å²) < 4.78 is 4.36. The van der Waals surface area contributed by atoms with E-state index in [-0.39, 0.29) is 5.91 Å². The number of nitrogens with one attached hydrogen (secondary N) is 1. The number of aryl methyl sites for hydroxylation is 1. The Bertz CT molecular complexity index is 844. The molecular weight excluding hydrogens is 394 g/mol. The van der Waals surface area contributed by atoms with Gasteiger partial charge in [-0.1, -0.05) is 23.7 Å². The second kappa shape index (κ2) is 7.63. The summed E-state index contributed by atoms with van der Waals surface area (Å²) in [7, 11) is 0. The molecule has 8 heteroatoms. The molecule has 0 saturated heterocycles. The van der Waals surface area contributed by atoms with Gasteiger partial charge in [-0.2, -0.15) is 10.2 Å². The van der Waals surface area contributed by atoms with E-state index < -0.39 is 0 Å². The lowest BCUT2D eigenvalue weighted by atomic mass is 10.2. The second-order valence-electron chi connectivity index (χ2n) is 5.25. The van der Waals surface area contributed by atoms with Crippen molar-refractivity contribution in [1.29, 1.82) is 0 Å². The Balaban J connectivity index is 1.52. The zero-order chi connectivity index (χ0) is 16.9. The highest BCUT2D eigenvalue weighted by Gasteiger charge is 2.06. The van der Waals surface area contributed by atoms with Gasteiger partial charge in [-0.15, -0.1) is 0 Å². The van der Waals surface area contributed by atoms with E-state index in [2.05, 4.69) is 31.4 Å². The van der Waals surface area contributed by atoms with Gasteiger partial charge in [-0.05, 0) is 33.6 Å². The quantitative estimate of drug-likeness (QED) is 0.678. The summed E-state index contributed by atoms with van der Waals surface area (Å²) in [6.07, 6.45) is 5.67. The Labute approximate surface area is 152 Å². The molecule has 1 amide bonds. The van der Waals surface area contributed by atoms with Crippen molar-refractivity contribution in [2.24, 2.45) is 0 Å². The zero-order valence-corrected chi connectivity index (χ0v) is 15.0. The van der Waals surface area contributed by atoms with Crippen molar-refractivity contribution in [3.63, 3.8) is 0 Å². The first-order valence-corrected chi connectivity index (χ1v) is 8.51. The van der Waals surface area contributed by atoms with E-state index >= 15 is 0 Å². The summed E-state index contributed by atoms with van der Waals surface area (Å²) in [5, 5.41) is 11.9. The summed E-state index contributed by atoms with van der Waals surface area (Å²) in [6, 6.07) is 9.38. The first kappa shape index (κ1) is 16.7. The number of hydrogen-bond donors (Lipinski definition) is 1. The van der Waals surface area contributed by atoms with Gasteiger partial charge in [0.15, 0.2) is 5.82 Å². The van der Waals surface area contributed by atoms with E-state index in [9.17, 15) is 4.79 Å². The normalized spacial score (nSPS) is 10.8. The van der Waals surface area contributed by atoms with E-state index in [1.807, 2.05) is 36.7 Å². The standard InChI is InChI=1S/C16H15BrClN5O/c17-13-9-19-22(11-13)7-5-16(24)20-15-4-6-23(21-15)10-12-2-1-3-14(18)8-12/h1-4,6,8-9,11H,5,7,10H2,(H,20,21,24). The topological polar surface area (TPSA) is 64.7 Å². The predicted molar refractivity (Wildman–Crippen MR) is 96.0 cm³/mol. The molecule has 1 N–H and O–H groups in total. The maximum Gasteiger partial charge on any atom is 0.227 e. The molecular formula is C16H15BrClN5O. The van der Waals surface area contributed by atoms with Gasteiger partial charge in [-0.3, -0.25) is 14.2 Å². The minimum absolute atomic E-state index is 0.102. The lowest BCUT2D eigenvalue weighted by Crippen LogP contribution is -2.15. The molecule has 0 atom stereocenters. The van der Waals surface area contributed by atoms with Crippen LogP contribution in [0.3, 0.4) is 0 Å². The zero-order valence-electron chi connectivity index (χ0n) is 12.7. The van der Waals surface area contributed by atoms with Crippen LogP contribution in [0.25, 0.3) is 0 Å². The molecule has 0 unspecified atom stereocenters.